The third-order valence-electron chi connectivity index (χ3n) is 5.64. The molecule has 0 radical (unpaired) electrons. The number of nitrogens with zero attached hydrogens (tertiary/aromatic N) is 2. The van der Waals surface area contributed by atoms with Crippen molar-refractivity contribution in [3.8, 4) is 0 Å². The maximum atomic E-state index is 12.2. The number of β-amino-alcohol motifs (C(OH)–C–C–N with tert-alkyl or cyclic N) is 1. The molecule has 5 heteroatoms. The van der Waals surface area contributed by atoms with Crippen LogP contribution in [-0.4, -0.2) is 71.7 Å². The first-order valence-electron chi connectivity index (χ1n) is 9.51. The Labute approximate surface area is 141 Å². The van der Waals surface area contributed by atoms with Crippen molar-refractivity contribution in [3.63, 3.8) is 0 Å². The minimum absolute atomic E-state index is 0.184. The molecule has 2 N–H and O–H groups in total. The van der Waals surface area contributed by atoms with Crippen LogP contribution >= 0.6 is 0 Å². The Balaban J connectivity index is 1.66. The topological polar surface area (TPSA) is 55.8 Å². The molecular formula is C18H35N3O2. The minimum atomic E-state index is -0.555. The second kappa shape index (κ2) is 9.00. The van der Waals surface area contributed by atoms with Gasteiger partial charge in [-0.25, -0.2) is 0 Å². The molecule has 23 heavy (non-hydrogen) atoms. The van der Waals surface area contributed by atoms with E-state index in [9.17, 15) is 9.90 Å². The average molecular weight is 325 g/mol. The highest BCUT2D eigenvalue weighted by atomic mass is 16.3. The first-order chi connectivity index (χ1) is 11.0. The lowest BCUT2D eigenvalue weighted by atomic mass is 9.95. The quantitative estimate of drug-likeness (QED) is 0.747. The summed E-state index contributed by atoms with van der Waals surface area (Å²) in [6, 6.07) is 0.404. The zero-order valence-electron chi connectivity index (χ0n) is 15.0. The number of nitrogens with one attached hydrogen (secondary N) is 1. The number of rotatable bonds is 7. The summed E-state index contributed by atoms with van der Waals surface area (Å²) in [6.45, 7) is 9.10. The van der Waals surface area contributed by atoms with Gasteiger partial charge in [-0.3, -0.25) is 14.6 Å². The van der Waals surface area contributed by atoms with Gasteiger partial charge in [-0.05, 0) is 25.7 Å². The van der Waals surface area contributed by atoms with Gasteiger partial charge in [-0.15, -0.1) is 0 Å². The number of piperazine rings is 1. The Morgan fingerprint density at radius 3 is 2.17 bits per heavy atom. The molecular weight excluding hydrogens is 290 g/mol. The number of hydrogen-bond acceptors (Lipinski definition) is 4. The number of amides is 1. The lowest BCUT2D eigenvalue weighted by Crippen LogP contribution is -2.53. The zero-order valence-corrected chi connectivity index (χ0v) is 15.0. The van der Waals surface area contributed by atoms with Gasteiger partial charge >= 0.3 is 0 Å². The second-order valence-electron chi connectivity index (χ2n) is 7.39. The van der Waals surface area contributed by atoms with Gasteiger partial charge in [0.15, 0.2) is 0 Å². The van der Waals surface area contributed by atoms with E-state index in [0.717, 1.165) is 58.4 Å². The van der Waals surface area contributed by atoms with E-state index in [1.54, 1.807) is 0 Å². The maximum absolute atomic E-state index is 12.2. The van der Waals surface area contributed by atoms with Crippen LogP contribution in [0.2, 0.25) is 0 Å². The zero-order chi connectivity index (χ0) is 16.7. The van der Waals surface area contributed by atoms with E-state index in [1.807, 2.05) is 0 Å². The Kier molecular flexibility index (Phi) is 7.31. The summed E-state index contributed by atoms with van der Waals surface area (Å²) in [7, 11) is 0. The van der Waals surface area contributed by atoms with Crippen molar-refractivity contribution < 1.29 is 9.90 Å². The van der Waals surface area contributed by atoms with Gasteiger partial charge in [0.25, 0.3) is 0 Å². The molecule has 2 rings (SSSR count). The molecule has 0 atom stereocenters. The molecule has 1 aliphatic heterocycles. The molecule has 0 spiro atoms. The van der Waals surface area contributed by atoms with Gasteiger partial charge < -0.3 is 10.4 Å². The summed E-state index contributed by atoms with van der Waals surface area (Å²) in [5.74, 6) is 0.184. The fourth-order valence-corrected chi connectivity index (χ4v) is 3.72. The molecule has 0 aromatic rings. The highest BCUT2D eigenvalue weighted by Crippen LogP contribution is 2.18. The van der Waals surface area contributed by atoms with E-state index >= 15 is 0 Å². The van der Waals surface area contributed by atoms with Crippen LogP contribution in [0.3, 0.4) is 0 Å². The summed E-state index contributed by atoms with van der Waals surface area (Å²) >= 11 is 0. The smallest absolute Gasteiger partial charge is 0.234 e. The molecule has 0 aromatic carbocycles. The minimum Gasteiger partial charge on any atom is -0.389 e. The van der Waals surface area contributed by atoms with Crippen LogP contribution < -0.4 is 5.32 Å². The van der Waals surface area contributed by atoms with Gasteiger partial charge in [-0.2, -0.15) is 0 Å². The highest BCUT2D eigenvalue weighted by molar-refractivity contribution is 5.78. The summed E-state index contributed by atoms with van der Waals surface area (Å²) in [4.78, 5) is 16.8. The molecule has 2 fully saturated rings. The largest absolute Gasteiger partial charge is 0.389 e. The molecule has 1 amide bonds. The van der Waals surface area contributed by atoms with Gasteiger partial charge in [0, 0.05) is 38.8 Å². The van der Waals surface area contributed by atoms with E-state index in [4.69, 9.17) is 0 Å². The predicted molar refractivity (Wildman–Crippen MR) is 93.4 cm³/mol. The number of aliphatic hydroxyl groups is 1. The maximum Gasteiger partial charge on any atom is 0.234 e. The lowest BCUT2D eigenvalue weighted by Gasteiger charge is -2.39. The van der Waals surface area contributed by atoms with Gasteiger partial charge in [0.05, 0.1) is 12.1 Å². The van der Waals surface area contributed by atoms with Gasteiger partial charge in [0.2, 0.25) is 5.91 Å². The van der Waals surface area contributed by atoms with Crippen LogP contribution in [-0.2, 0) is 4.79 Å². The van der Waals surface area contributed by atoms with Crippen molar-refractivity contribution in [2.75, 3.05) is 39.3 Å². The standard InChI is InChI=1S/C18H35N3O2/c1-3-18(23,4-2)15-21-12-10-20(11-13-21)14-17(22)19-16-8-6-5-7-9-16/h16,23H,3-15H2,1-2H3,(H,19,22). The second-order valence-corrected chi connectivity index (χ2v) is 7.39. The van der Waals surface area contributed by atoms with Crippen molar-refractivity contribution >= 4 is 5.91 Å². The van der Waals surface area contributed by atoms with Crippen LogP contribution in [0.5, 0.6) is 0 Å². The molecule has 2 aliphatic rings. The normalized spacial score (nSPS) is 22.2. The first-order valence-corrected chi connectivity index (χ1v) is 9.51. The number of hydrogen-bond donors (Lipinski definition) is 2. The van der Waals surface area contributed by atoms with E-state index in [-0.39, 0.29) is 5.91 Å². The molecule has 1 heterocycles. The van der Waals surface area contributed by atoms with Crippen LogP contribution in [0.1, 0.15) is 58.8 Å². The molecule has 0 unspecified atom stereocenters. The van der Waals surface area contributed by atoms with E-state index < -0.39 is 5.60 Å². The van der Waals surface area contributed by atoms with Crippen molar-refractivity contribution in [1.82, 2.24) is 15.1 Å². The Bertz CT molecular complexity index is 357. The molecule has 5 nitrogen and oxygen atoms in total. The summed E-state index contributed by atoms with van der Waals surface area (Å²) < 4.78 is 0. The Morgan fingerprint density at radius 2 is 1.61 bits per heavy atom. The van der Waals surface area contributed by atoms with Crippen LogP contribution in [0, 0.1) is 0 Å². The molecule has 1 aliphatic carbocycles. The van der Waals surface area contributed by atoms with Crippen molar-refractivity contribution in [1.29, 1.82) is 0 Å². The Hall–Kier alpha value is -0.650. The molecule has 0 aromatic heterocycles. The third-order valence-corrected chi connectivity index (χ3v) is 5.64. The van der Waals surface area contributed by atoms with Gasteiger partial charge in [0.1, 0.15) is 0 Å². The van der Waals surface area contributed by atoms with Crippen molar-refractivity contribution in [2.45, 2.75) is 70.4 Å². The monoisotopic (exact) mass is 325 g/mol. The van der Waals surface area contributed by atoms with Gasteiger partial charge in [-0.1, -0.05) is 33.1 Å². The lowest BCUT2D eigenvalue weighted by molar-refractivity contribution is -0.123. The fourth-order valence-electron chi connectivity index (χ4n) is 3.72. The van der Waals surface area contributed by atoms with E-state index in [0.29, 0.717) is 12.6 Å². The van der Waals surface area contributed by atoms with E-state index in [1.165, 1.54) is 19.3 Å². The number of carbonyl (C=O) groups is 1. The summed E-state index contributed by atoms with van der Waals surface area (Å²) in [6.07, 6.45) is 7.71. The molecule has 1 saturated carbocycles. The summed E-state index contributed by atoms with van der Waals surface area (Å²) in [5.41, 5.74) is -0.555. The van der Waals surface area contributed by atoms with Crippen LogP contribution in [0.15, 0.2) is 0 Å². The SMILES string of the molecule is CCC(O)(CC)CN1CCN(CC(=O)NC2CCCCC2)CC1. The molecule has 0 bridgehead atoms. The molecule has 1 saturated heterocycles. The fraction of sp³-hybridized carbons (Fsp3) is 0.944. The average Bonchev–Trinajstić information content (AvgIpc) is 2.57. The van der Waals surface area contributed by atoms with Crippen molar-refractivity contribution in [3.05, 3.63) is 0 Å². The van der Waals surface area contributed by atoms with Crippen molar-refractivity contribution in [2.24, 2.45) is 0 Å². The van der Waals surface area contributed by atoms with Crippen LogP contribution in [0.25, 0.3) is 0 Å². The molecule has 134 valence electrons. The van der Waals surface area contributed by atoms with E-state index in [2.05, 4.69) is 29.0 Å². The Morgan fingerprint density at radius 1 is 1.04 bits per heavy atom. The first kappa shape index (κ1) is 18.7. The summed E-state index contributed by atoms with van der Waals surface area (Å²) in [5, 5.41) is 13.7. The predicted octanol–water partition coefficient (Wildman–Crippen LogP) is 1.60. The highest BCUT2D eigenvalue weighted by Gasteiger charge is 2.28. The number of carbonyl (C=O) groups excluding carboxylic acids is 1. The van der Waals surface area contributed by atoms with Crippen LogP contribution in [0.4, 0.5) is 0 Å². The third kappa shape index (κ3) is 6.05.